The number of rotatable bonds is 5. The van der Waals surface area contributed by atoms with E-state index in [1.165, 1.54) is 0 Å². The molecule has 0 unspecified atom stereocenters. The predicted octanol–water partition coefficient (Wildman–Crippen LogP) is 4.90. The molecule has 2 amide bonds. The van der Waals surface area contributed by atoms with E-state index in [0.717, 1.165) is 41.6 Å². The number of hydrogen-bond acceptors (Lipinski definition) is 3. The molecule has 5 rings (SSSR count). The number of benzene rings is 2. The molecule has 0 saturated heterocycles. The zero-order valence-corrected chi connectivity index (χ0v) is 16.8. The summed E-state index contributed by atoms with van der Waals surface area (Å²) in [4.78, 5) is 28.8. The van der Waals surface area contributed by atoms with Crippen LogP contribution < -0.4 is 10.6 Å². The van der Waals surface area contributed by atoms with Crippen LogP contribution >= 0.6 is 0 Å². The molecule has 6 nitrogen and oxygen atoms in total. The predicted molar refractivity (Wildman–Crippen MR) is 117 cm³/mol. The van der Waals surface area contributed by atoms with Crippen LogP contribution in [-0.4, -0.2) is 21.4 Å². The molecule has 2 heterocycles. The fourth-order valence-corrected chi connectivity index (χ4v) is 3.59. The van der Waals surface area contributed by atoms with Crippen LogP contribution in [0.25, 0.3) is 16.6 Å². The van der Waals surface area contributed by atoms with E-state index < -0.39 is 17.5 Å². The Hall–Kier alpha value is -4.07. The Balaban J connectivity index is 1.44. The molecule has 2 aromatic heterocycles. The van der Waals surface area contributed by atoms with Crippen molar-refractivity contribution < 1.29 is 18.4 Å². The van der Waals surface area contributed by atoms with E-state index in [0.29, 0.717) is 17.6 Å². The maximum atomic E-state index is 13.5. The van der Waals surface area contributed by atoms with Crippen molar-refractivity contribution in [2.75, 3.05) is 10.6 Å². The van der Waals surface area contributed by atoms with E-state index in [1.54, 1.807) is 24.4 Å². The first-order valence-corrected chi connectivity index (χ1v) is 10.1. The minimum absolute atomic E-state index is 0.0224. The molecule has 2 N–H and O–H groups in total. The molecule has 1 aliphatic rings. The Bertz CT molecular complexity index is 1340. The van der Waals surface area contributed by atoms with Crippen molar-refractivity contribution in [1.82, 2.24) is 9.55 Å². The van der Waals surface area contributed by atoms with E-state index in [-0.39, 0.29) is 17.4 Å². The first-order chi connectivity index (χ1) is 15.5. The zero-order chi connectivity index (χ0) is 22.2. The summed E-state index contributed by atoms with van der Waals surface area (Å²) in [5.41, 5.74) is 1.99. The van der Waals surface area contributed by atoms with Crippen LogP contribution in [0.15, 0.2) is 67.0 Å². The van der Waals surface area contributed by atoms with Gasteiger partial charge in [0.2, 0.25) is 5.91 Å². The third-order valence-electron chi connectivity index (χ3n) is 5.33. The topological polar surface area (TPSA) is 76.0 Å². The van der Waals surface area contributed by atoms with Gasteiger partial charge >= 0.3 is 0 Å². The van der Waals surface area contributed by atoms with Gasteiger partial charge in [0, 0.05) is 41.4 Å². The summed E-state index contributed by atoms with van der Waals surface area (Å²) in [5.74, 6) is -1.73. The number of anilines is 2. The molecule has 0 radical (unpaired) electrons. The average molecular weight is 432 g/mol. The number of halogens is 2. The normalized spacial score (nSPS) is 13.2. The summed E-state index contributed by atoms with van der Waals surface area (Å²) in [6.07, 6.45) is 5.27. The van der Waals surface area contributed by atoms with Gasteiger partial charge in [-0.15, -0.1) is 0 Å². The monoisotopic (exact) mass is 432 g/mol. The molecule has 0 spiro atoms. The van der Waals surface area contributed by atoms with E-state index in [1.807, 2.05) is 29.0 Å². The van der Waals surface area contributed by atoms with Gasteiger partial charge in [0.25, 0.3) is 5.91 Å². The lowest BCUT2D eigenvalue weighted by Crippen LogP contribution is -2.14. The lowest BCUT2D eigenvalue weighted by atomic mass is 10.1. The minimum atomic E-state index is -0.818. The van der Waals surface area contributed by atoms with Gasteiger partial charge < -0.3 is 15.2 Å². The van der Waals surface area contributed by atoms with Crippen LogP contribution in [0, 0.1) is 17.6 Å². The first-order valence-electron chi connectivity index (χ1n) is 10.1. The van der Waals surface area contributed by atoms with Gasteiger partial charge in [0.15, 0.2) is 0 Å². The van der Waals surface area contributed by atoms with Gasteiger partial charge in [-0.1, -0.05) is 6.07 Å². The summed E-state index contributed by atoms with van der Waals surface area (Å²) < 4.78 is 28.9. The molecular weight excluding hydrogens is 414 g/mol. The lowest BCUT2D eigenvalue weighted by molar-refractivity contribution is -0.117. The summed E-state index contributed by atoms with van der Waals surface area (Å²) in [7, 11) is 0. The first kappa shape index (κ1) is 19.9. The largest absolute Gasteiger partial charge is 0.321 e. The van der Waals surface area contributed by atoms with Gasteiger partial charge in [-0.25, -0.2) is 13.8 Å². The Morgan fingerprint density at radius 2 is 1.75 bits per heavy atom. The number of aromatic nitrogens is 2. The summed E-state index contributed by atoms with van der Waals surface area (Å²) in [6.45, 7) is 0. The number of carbonyl (C=O) groups excluding carboxylic acids is 2. The smallest absolute Gasteiger partial charge is 0.255 e. The molecular formula is C24H18F2N4O2. The molecule has 1 aliphatic carbocycles. The molecule has 0 bridgehead atoms. The quantitative estimate of drug-likeness (QED) is 0.471. The van der Waals surface area contributed by atoms with Gasteiger partial charge in [0.1, 0.15) is 17.5 Å². The van der Waals surface area contributed by atoms with Crippen molar-refractivity contribution in [3.63, 3.8) is 0 Å². The standard InChI is InChI=1S/C24H18F2N4O2/c25-16-10-15(11-17(26)12-16)24(32)28-20-2-1-3-21-19(20)7-9-30(21)18-6-8-27-22(13-18)29-23(31)14-4-5-14/h1-3,6-14H,4-5H2,(H,28,32)(H,27,29,31). The Morgan fingerprint density at radius 3 is 2.50 bits per heavy atom. The molecule has 1 fully saturated rings. The number of fused-ring (bicyclic) bond motifs is 1. The zero-order valence-electron chi connectivity index (χ0n) is 16.8. The van der Waals surface area contributed by atoms with Crippen molar-refractivity contribution in [3.05, 3.63) is 84.2 Å². The SMILES string of the molecule is O=C(Nc1cccc2c1ccn2-c1ccnc(NC(=O)C2CC2)c1)c1cc(F)cc(F)c1. The highest BCUT2D eigenvalue weighted by atomic mass is 19.1. The maximum Gasteiger partial charge on any atom is 0.255 e. The van der Waals surface area contributed by atoms with Crippen LogP contribution in [-0.2, 0) is 4.79 Å². The molecule has 0 atom stereocenters. The van der Waals surface area contributed by atoms with E-state index in [4.69, 9.17) is 0 Å². The fourth-order valence-electron chi connectivity index (χ4n) is 3.59. The minimum Gasteiger partial charge on any atom is -0.321 e. The van der Waals surface area contributed by atoms with Gasteiger partial charge in [-0.05, 0) is 49.2 Å². The average Bonchev–Trinajstić information content (AvgIpc) is 3.52. The number of pyridine rings is 1. The number of hydrogen-bond donors (Lipinski definition) is 2. The summed E-state index contributed by atoms with van der Waals surface area (Å²) >= 11 is 0. The van der Waals surface area contributed by atoms with E-state index in [9.17, 15) is 18.4 Å². The lowest BCUT2D eigenvalue weighted by Gasteiger charge is -2.10. The second-order valence-corrected chi connectivity index (χ2v) is 7.70. The fraction of sp³-hybridized carbons (Fsp3) is 0.125. The van der Waals surface area contributed by atoms with Crippen LogP contribution in [0.5, 0.6) is 0 Å². The van der Waals surface area contributed by atoms with Crippen LogP contribution in [0.3, 0.4) is 0 Å². The Kier molecular flexibility index (Phi) is 4.89. The number of amides is 2. The van der Waals surface area contributed by atoms with Crippen molar-refractivity contribution in [2.24, 2.45) is 5.92 Å². The number of nitrogens with zero attached hydrogens (tertiary/aromatic N) is 2. The molecule has 32 heavy (non-hydrogen) atoms. The molecule has 4 aromatic rings. The van der Waals surface area contributed by atoms with Gasteiger partial charge in [0.05, 0.1) is 16.9 Å². The molecule has 160 valence electrons. The van der Waals surface area contributed by atoms with Crippen molar-refractivity contribution in [3.8, 4) is 5.69 Å². The summed E-state index contributed by atoms with van der Waals surface area (Å²) in [5, 5.41) is 6.31. The van der Waals surface area contributed by atoms with Crippen molar-refractivity contribution in [2.45, 2.75) is 12.8 Å². The van der Waals surface area contributed by atoms with Crippen LogP contribution in [0.1, 0.15) is 23.2 Å². The molecule has 2 aromatic carbocycles. The van der Waals surface area contributed by atoms with Crippen molar-refractivity contribution in [1.29, 1.82) is 0 Å². The van der Waals surface area contributed by atoms with Crippen LogP contribution in [0.2, 0.25) is 0 Å². The Morgan fingerprint density at radius 1 is 0.969 bits per heavy atom. The van der Waals surface area contributed by atoms with E-state index >= 15 is 0 Å². The number of carbonyl (C=O) groups is 2. The highest BCUT2D eigenvalue weighted by molar-refractivity contribution is 6.09. The second-order valence-electron chi connectivity index (χ2n) is 7.70. The Labute approximate surface area is 181 Å². The van der Waals surface area contributed by atoms with Crippen LogP contribution in [0.4, 0.5) is 20.3 Å². The maximum absolute atomic E-state index is 13.5. The van der Waals surface area contributed by atoms with E-state index in [2.05, 4.69) is 15.6 Å². The molecule has 0 aliphatic heterocycles. The third-order valence-corrected chi connectivity index (χ3v) is 5.33. The highest BCUT2D eigenvalue weighted by Gasteiger charge is 2.29. The van der Waals surface area contributed by atoms with Gasteiger partial charge in [-0.2, -0.15) is 0 Å². The van der Waals surface area contributed by atoms with Gasteiger partial charge in [-0.3, -0.25) is 9.59 Å². The molecule has 8 heteroatoms. The summed E-state index contributed by atoms with van der Waals surface area (Å²) in [6, 6.07) is 13.5. The second kappa shape index (κ2) is 7.88. The number of nitrogens with one attached hydrogen (secondary N) is 2. The van der Waals surface area contributed by atoms with Crippen molar-refractivity contribution >= 4 is 34.2 Å². The highest BCUT2D eigenvalue weighted by Crippen LogP contribution is 2.31. The third kappa shape index (κ3) is 3.94. The molecule has 1 saturated carbocycles.